The number of nitrogens with one attached hydrogen (secondary N) is 2. The average Bonchev–Trinajstić information content (AvgIpc) is 2.67. The van der Waals surface area contributed by atoms with Crippen molar-refractivity contribution >= 4 is 17.5 Å². The number of urea groups is 1. The summed E-state index contributed by atoms with van der Waals surface area (Å²) in [6, 6.07) is 9.51. The molecule has 7 nitrogen and oxygen atoms in total. The number of hydrogen-bond acceptors (Lipinski definition) is 5. The predicted octanol–water partition coefficient (Wildman–Crippen LogP) is 2.51. The Morgan fingerprint density at radius 3 is 2.62 bits per heavy atom. The third-order valence-corrected chi connectivity index (χ3v) is 4.25. The Kier molecular flexibility index (Phi) is 6.01. The molecule has 7 heteroatoms. The highest BCUT2D eigenvalue weighted by Gasteiger charge is 2.14. The molecule has 1 aliphatic rings. The number of morpholine rings is 1. The lowest BCUT2D eigenvalue weighted by molar-refractivity contribution is 0.122. The van der Waals surface area contributed by atoms with Gasteiger partial charge >= 0.3 is 6.03 Å². The van der Waals surface area contributed by atoms with Crippen LogP contribution in [0.2, 0.25) is 0 Å². The zero-order valence-electron chi connectivity index (χ0n) is 15.3. The number of ether oxygens (including phenoxy) is 1. The first-order valence-electron chi connectivity index (χ1n) is 8.95. The van der Waals surface area contributed by atoms with E-state index in [0.29, 0.717) is 19.0 Å². The number of benzene rings is 1. The number of nitrogens with zero attached hydrogens (tertiary/aromatic N) is 3. The number of amides is 2. The van der Waals surface area contributed by atoms with E-state index in [9.17, 15) is 4.79 Å². The molecule has 2 N–H and O–H groups in total. The van der Waals surface area contributed by atoms with E-state index in [0.717, 1.165) is 36.7 Å². The molecule has 0 saturated carbocycles. The highest BCUT2D eigenvalue weighted by Crippen LogP contribution is 2.14. The summed E-state index contributed by atoms with van der Waals surface area (Å²) in [5.74, 6) is 1.48. The van der Waals surface area contributed by atoms with Crippen molar-refractivity contribution in [3.8, 4) is 0 Å². The van der Waals surface area contributed by atoms with E-state index >= 15 is 0 Å². The standard InChI is InChI=1S/C19H25N5O2/c1-3-15-4-6-16(7-5-15)22-19(25)20-13-17-21-14(2)12-18(23-17)24-8-10-26-11-9-24/h4-7,12H,3,8-11,13H2,1-2H3,(H2,20,22,25). The van der Waals surface area contributed by atoms with E-state index < -0.39 is 0 Å². The van der Waals surface area contributed by atoms with Crippen molar-refractivity contribution in [3.05, 3.63) is 47.4 Å². The van der Waals surface area contributed by atoms with Crippen LogP contribution < -0.4 is 15.5 Å². The summed E-state index contributed by atoms with van der Waals surface area (Å²) >= 11 is 0. The molecule has 1 aromatic carbocycles. The van der Waals surface area contributed by atoms with Crippen LogP contribution in [-0.2, 0) is 17.7 Å². The molecule has 3 rings (SSSR count). The van der Waals surface area contributed by atoms with Crippen LogP contribution in [0.3, 0.4) is 0 Å². The van der Waals surface area contributed by atoms with Crippen LogP contribution in [0.1, 0.15) is 24.0 Å². The lowest BCUT2D eigenvalue weighted by Crippen LogP contribution is -2.37. The Morgan fingerprint density at radius 1 is 1.19 bits per heavy atom. The van der Waals surface area contributed by atoms with E-state index in [2.05, 4.69) is 32.4 Å². The first-order valence-corrected chi connectivity index (χ1v) is 8.95. The number of carbonyl (C=O) groups is 1. The third-order valence-electron chi connectivity index (χ3n) is 4.25. The van der Waals surface area contributed by atoms with Gasteiger partial charge in [0.25, 0.3) is 0 Å². The molecule has 0 radical (unpaired) electrons. The second-order valence-electron chi connectivity index (χ2n) is 6.24. The Balaban J connectivity index is 1.57. The quantitative estimate of drug-likeness (QED) is 0.861. The van der Waals surface area contributed by atoms with Gasteiger partial charge in [-0.05, 0) is 31.0 Å². The fourth-order valence-corrected chi connectivity index (χ4v) is 2.80. The fourth-order valence-electron chi connectivity index (χ4n) is 2.80. The van der Waals surface area contributed by atoms with Gasteiger partial charge in [0.2, 0.25) is 0 Å². The molecule has 1 aliphatic heterocycles. The summed E-state index contributed by atoms with van der Waals surface area (Å²) in [5, 5.41) is 5.64. The van der Waals surface area contributed by atoms with Crippen molar-refractivity contribution in [3.63, 3.8) is 0 Å². The van der Waals surface area contributed by atoms with Gasteiger partial charge in [-0.15, -0.1) is 0 Å². The Morgan fingerprint density at radius 2 is 1.92 bits per heavy atom. The molecule has 0 unspecified atom stereocenters. The molecule has 26 heavy (non-hydrogen) atoms. The summed E-state index contributed by atoms with van der Waals surface area (Å²) in [5.41, 5.74) is 2.88. The van der Waals surface area contributed by atoms with Gasteiger partial charge in [0.05, 0.1) is 19.8 Å². The van der Waals surface area contributed by atoms with E-state index in [1.165, 1.54) is 5.56 Å². The Bertz CT molecular complexity index is 742. The number of anilines is 2. The van der Waals surface area contributed by atoms with Crippen molar-refractivity contribution in [1.82, 2.24) is 15.3 Å². The van der Waals surface area contributed by atoms with Gasteiger partial charge in [0.15, 0.2) is 0 Å². The molecule has 1 fully saturated rings. The monoisotopic (exact) mass is 355 g/mol. The summed E-state index contributed by atoms with van der Waals surface area (Å²) < 4.78 is 5.38. The number of aromatic nitrogens is 2. The zero-order valence-corrected chi connectivity index (χ0v) is 15.3. The number of carbonyl (C=O) groups excluding carboxylic acids is 1. The summed E-state index contributed by atoms with van der Waals surface area (Å²) in [6.45, 7) is 7.35. The predicted molar refractivity (Wildman–Crippen MR) is 101 cm³/mol. The highest BCUT2D eigenvalue weighted by atomic mass is 16.5. The van der Waals surface area contributed by atoms with Crippen molar-refractivity contribution in [2.24, 2.45) is 0 Å². The summed E-state index contributed by atoms with van der Waals surface area (Å²) in [4.78, 5) is 23.3. The molecular weight excluding hydrogens is 330 g/mol. The molecule has 138 valence electrons. The number of hydrogen-bond donors (Lipinski definition) is 2. The van der Waals surface area contributed by atoms with E-state index in [1.54, 1.807) is 0 Å². The minimum atomic E-state index is -0.271. The number of aryl methyl sites for hydroxylation is 2. The largest absolute Gasteiger partial charge is 0.378 e. The van der Waals surface area contributed by atoms with Crippen LogP contribution in [0.4, 0.5) is 16.3 Å². The van der Waals surface area contributed by atoms with Crippen LogP contribution in [-0.4, -0.2) is 42.3 Å². The first kappa shape index (κ1) is 18.1. The third kappa shape index (κ3) is 4.92. The highest BCUT2D eigenvalue weighted by molar-refractivity contribution is 5.89. The van der Waals surface area contributed by atoms with Crippen LogP contribution in [0.25, 0.3) is 0 Å². The molecule has 0 aliphatic carbocycles. The lowest BCUT2D eigenvalue weighted by atomic mass is 10.1. The average molecular weight is 355 g/mol. The van der Waals surface area contributed by atoms with Gasteiger partial charge in [0.1, 0.15) is 11.6 Å². The van der Waals surface area contributed by atoms with E-state index in [-0.39, 0.29) is 12.6 Å². The van der Waals surface area contributed by atoms with Crippen molar-refractivity contribution in [2.75, 3.05) is 36.5 Å². The van der Waals surface area contributed by atoms with E-state index in [4.69, 9.17) is 4.74 Å². The first-order chi connectivity index (χ1) is 12.6. The molecule has 1 saturated heterocycles. The van der Waals surface area contributed by atoms with Gasteiger partial charge in [-0.1, -0.05) is 19.1 Å². The maximum Gasteiger partial charge on any atom is 0.319 e. The van der Waals surface area contributed by atoms with Crippen LogP contribution in [0.5, 0.6) is 0 Å². The SMILES string of the molecule is CCc1ccc(NC(=O)NCc2nc(C)cc(N3CCOCC3)n2)cc1. The van der Waals surface area contributed by atoms with Gasteiger partial charge in [-0.3, -0.25) is 0 Å². The topological polar surface area (TPSA) is 79.4 Å². The smallest absolute Gasteiger partial charge is 0.319 e. The van der Waals surface area contributed by atoms with Crippen molar-refractivity contribution < 1.29 is 9.53 Å². The number of rotatable bonds is 5. The molecule has 1 aromatic heterocycles. The molecule has 2 heterocycles. The van der Waals surface area contributed by atoms with Gasteiger partial charge in [-0.2, -0.15) is 0 Å². The maximum absolute atomic E-state index is 12.1. The molecule has 2 aromatic rings. The molecule has 0 atom stereocenters. The maximum atomic E-state index is 12.1. The van der Waals surface area contributed by atoms with Crippen LogP contribution in [0.15, 0.2) is 30.3 Å². The molecule has 0 bridgehead atoms. The lowest BCUT2D eigenvalue weighted by Gasteiger charge is -2.28. The zero-order chi connectivity index (χ0) is 18.4. The van der Waals surface area contributed by atoms with Crippen LogP contribution in [0, 0.1) is 6.92 Å². The fraction of sp³-hybridized carbons (Fsp3) is 0.421. The minimum Gasteiger partial charge on any atom is -0.378 e. The summed E-state index contributed by atoms with van der Waals surface area (Å²) in [7, 11) is 0. The second-order valence-corrected chi connectivity index (χ2v) is 6.24. The van der Waals surface area contributed by atoms with Crippen LogP contribution >= 0.6 is 0 Å². The minimum absolute atomic E-state index is 0.271. The second kappa shape index (κ2) is 8.62. The summed E-state index contributed by atoms with van der Waals surface area (Å²) in [6.07, 6.45) is 0.975. The molecular formula is C19H25N5O2. The Hall–Kier alpha value is -2.67. The Labute approximate surface area is 153 Å². The van der Waals surface area contributed by atoms with Gasteiger partial charge < -0.3 is 20.3 Å². The van der Waals surface area contributed by atoms with Gasteiger partial charge in [-0.25, -0.2) is 14.8 Å². The molecule has 2 amide bonds. The molecule has 0 spiro atoms. The van der Waals surface area contributed by atoms with E-state index in [1.807, 2.05) is 37.3 Å². The van der Waals surface area contributed by atoms with Crippen molar-refractivity contribution in [2.45, 2.75) is 26.8 Å². The van der Waals surface area contributed by atoms with Crippen molar-refractivity contribution in [1.29, 1.82) is 0 Å². The normalized spacial score (nSPS) is 14.2. The van der Waals surface area contributed by atoms with Gasteiger partial charge in [0, 0.05) is 30.5 Å².